The van der Waals surface area contributed by atoms with Crippen molar-refractivity contribution in [3.63, 3.8) is 0 Å². The van der Waals surface area contributed by atoms with Crippen molar-refractivity contribution in [1.82, 2.24) is 14.9 Å². The first-order valence-corrected chi connectivity index (χ1v) is 14.1. The first-order valence-electron chi connectivity index (χ1n) is 12.7. The predicted octanol–water partition coefficient (Wildman–Crippen LogP) is 1.84. The van der Waals surface area contributed by atoms with Crippen LogP contribution in [-0.4, -0.2) is 67.9 Å². The average Bonchev–Trinajstić information content (AvgIpc) is 3.11. The van der Waals surface area contributed by atoms with Crippen LogP contribution in [0.25, 0.3) is 0 Å². The van der Waals surface area contributed by atoms with Crippen LogP contribution in [-0.2, 0) is 29.1 Å². The van der Waals surface area contributed by atoms with E-state index in [4.69, 9.17) is 9.47 Å². The van der Waals surface area contributed by atoms with Crippen LogP contribution in [0, 0.1) is 5.92 Å². The van der Waals surface area contributed by atoms with Crippen LogP contribution >= 0.6 is 0 Å². The summed E-state index contributed by atoms with van der Waals surface area (Å²) in [7, 11) is -4.04. The standard InChI is InChI=1S/C28H29N3O9S/c1-16-23(27(35)39-14-12-29-25(33)19-8-4-6-10-21(19)32)17(2)30-18(3)24(16)28(36)40-15-13-31-26(34)20-9-5-7-11-22(20)41(31,37)38/h4-11,16,30,32H,12-15H2,1-3H3,(H,29,33). The molecule has 0 radical (unpaired) electrons. The van der Waals surface area contributed by atoms with E-state index in [9.17, 15) is 32.7 Å². The van der Waals surface area contributed by atoms with Crippen molar-refractivity contribution in [1.29, 1.82) is 0 Å². The van der Waals surface area contributed by atoms with Crippen LogP contribution < -0.4 is 10.6 Å². The number of benzene rings is 2. The molecule has 216 valence electrons. The molecule has 4 rings (SSSR count). The number of fused-ring (bicyclic) bond motifs is 1. The largest absolute Gasteiger partial charge is 0.507 e. The Bertz CT molecular complexity index is 1590. The number of nitrogens with one attached hydrogen (secondary N) is 2. The number of aromatic hydroxyl groups is 1. The Kier molecular flexibility index (Phi) is 8.47. The van der Waals surface area contributed by atoms with Gasteiger partial charge in [-0.1, -0.05) is 31.2 Å². The molecule has 3 N–H and O–H groups in total. The highest BCUT2D eigenvalue weighted by atomic mass is 32.2. The fourth-order valence-electron chi connectivity index (χ4n) is 4.77. The number of para-hydroxylation sites is 1. The van der Waals surface area contributed by atoms with Gasteiger partial charge < -0.3 is 25.2 Å². The zero-order valence-corrected chi connectivity index (χ0v) is 23.4. The van der Waals surface area contributed by atoms with Crippen molar-refractivity contribution >= 4 is 33.8 Å². The molecule has 0 bridgehead atoms. The second kappa shape index (κ2) is 11.8. The van der Waals surface area contributed by atoms with E-state index in [1.165, 1.54) is 30.3 Å². The molecule has 0 saturated heterocycles. The van der Waals surface area contributed by atoms with Crippen LogP contribution in [0.1, 0.15) is 41.5 Å². The normalized spacial score (nSPS) is 17.6. The number of dihydropyridines is 1. The molecule has 2 aromatic rings. The van der Waals surface area contributed by atoms with E-state index in [-0.39, 0.29) is 59.2 Å². The first-order chi connectivity index (χ1) is 19.4. The molecule has 2 aromatic carbocycles. The summed E-state index contributed by atoms with van der Waals surface area (Å²) in [4.78, 5) is 50.6. The van der Waals surface area contributed by atoms with Crippen molar-refractivity contribution in [3.8, 4) is 5.75 Å². The third-order valence-corrected chi connectivity index (χ3v) is 8.54. The van der Waals surface area contributed by atoms with Gasteiger partial charge in [0.2, 0.25) is 0 Å². The molecule has 1 atom stereocenters. The smallest absolute Gasteiger partial charge is 0.336 e. The number of amides is 2. The van der Waals surface area contributed by atoms with Gasteiger partial charge in [0.05, 0.1) is 35.4 Å². The number of phenolic OH excluding ortho intramolecular Hbond substituents is 1. The molecule has 41 heavy (non-hydrogen) atoms. The summed E-state index contributed by atoms with van der Waals surface area (Å²) < 4.78 is 36.7. The van der Waals surface area contributed by atoms with E-state index in [0.717, 1.165) is 0 Å². The topological polar surface area (TPSA) is 168 Å². The Labute approximate surface area is 236 Å². The number of rotatable bonds is 9. The zero-order valence-electron chi connectivity index (χ0n) is 22.6. The molecule has 0 saturated carbocycles. The van der Waals surface area contributed by atoms with E-state index >= 15 is 0 Å². The van der Waals surface area contributed by atoms with Crippen LogP contribution in [0.2, 0.25) is 0 Å². The second-order valence-electron chi connectivity index (χ2n) is 9.35. The number of carbonyl (C=O) groups is 4. The van der Waals surface area contributed by atoms with Gasteiger partial charge >= 0.3 is 11.9 Å². The summed E-state index contributed by atoms with van der Waals surface area (Å²) in [5.74, 6) is -3.61. The lowest BCUT2D eigenvalue weighted by Gasteiger charge is -2.28. The molecule has 2 heterocycles. The Hall–Kier alpha value is -4.65. The van der Waals surface area contributed by atoms with E-state index < -0.39 is 39.7 Å². The van der Waals surface area contributed by atoms with E-state index in [2.05, 4.69) is 10.6 Å². The third-order valence-electron chi connectivity index (χ3n) is 6.70. The number of sulfonamides is 1. The highest BCUT2D eigenvalue weighted by Gasteiger charge is 2.41. The summed E-state index contributed by atoms with van der Waals surface area (Å²) in [6.45, 7) is 3.99. The van der Waals surface area contributed by atoms with Crippen molar-refractivity contribution in [2.45, 2.75) is 25.7 Å². The van der Waals surface area contributed by atoms with Crippen molar-refractivity contribution in [2.24, 2.45) is 5.92 Å². The summed E-state index contributed by atoms with van der Waals surface area (Å²) >= 11 is 0. The van der Waals surface area contributed by atoms with Gasteiger partial charge in [0.1, 0.15) is 23.9 Å². The highest BCUT2D eigenvalue weighted by molar-refractivity contribution is 7.90. The lowest BCUT2D eigenvalue weighted by Crippen LogP contribution is -2.36. The quantitative estimate of drug-likeness (QED) is 0.293. The van der Waals surface area contributed by atoms with Gasteiger partial charge in [-0.25, -0.2) is 22.3 Å². The van der Waals surface area contributed by atoms with Gasteiger partial charge in [0.25, 0.3) is 21.8 Å². The maximum Gasteiger partial charge on any atom is 0.336 e. The third kappa shape index (κ3) is 5.80. The van der Waals surface area contributed by atoms with Gasteiger partial charge in [-0.2, -0.15) is 0 Å². The Morgan fingerprint density at radius 1 is 0.951 bits per heavy atom. The van der Waals surface area contributed by atoms with Gasteiger partial charge in [0.15, 0.2) is 0 Å². The Morgan fingerprint density at radius 3 is 2.17 bits per heavy atom. The summed E-state index contributed by atoms with van der Waals surface area (Å²) in [5, 5.41) is 15.3. The minimum absolute atomic E-state index is 0.0151. The maximum absolute atomic E-state index is 13.0. The van der Waals surface area contributed by atoms with Gasteiger partial charge in [-0.05, 0) is 38.1 Å². The maximum atomic E-state index is 13.0. The molecule has 2 amide bonds. The highest BCUT2D eigenvalue weighted by Crippen LogP contribution is 2.32. The van der Waals surface area contributed by atoms with E-state index in [0.29, 0.717) is 15.7 Å². The van der Waals surface area contributed by atoms with Gasteiger partial charge in [-0.3, -0.25) is 9.59 Å². The Morgan fingerprint density at radius 2 is 1.54 bits per heavy atom. The number of esters is 2. The summed E-state index contributed by atoms with van der Waals surface area (Å²) in [6, 6.07) is 11.9. The number of carbonyl (C=O) groups excluding carboxylic acids is 4. The molecule has 0 fully saturated rings. The zero-order chi connectivity index (χ0) is 29.9. The number of allylic oxidation sites excluding steroid dienone is 2. The minimum Gasteiger partial charge on any atom is -0.507 e. The van der Waals surface area contributed by atoms with Crippen LogP contribution in [0.4, 0.5) is 0 Å². The Balaban J connectivity index is 1.32. The predicted molar refractivity (Wildman–Crippen MR) is 145 cm³/mol. The molecule has 0 aliphatic carbocycles. The second-order valence-corrected chi connectivity index (χ2v) is 11.2. The lowest BCUT2D eigenvalue weighted by molar-refractivity contribution is -0.140. The monoisotopic (exact) mass is 583 g/mol. The minimum atomic E-state index is -4.04. The lowest BCUT2D eigenvalue weighted by atomic mass is 9.87. The van der Waals surface area contributed by atoms with Crippen LogP contribution in [0.5, 0.6) is 5.75 Å². The average molecular weight is 584 g/mol. The molecule has 12 nitrogen and oxygen atoms in total. The van der Waals surface area contributed by atoms with Gasteiger partial charge in [-0.15, -0.1) is 0 Å². The van der Waals surface area contributed by atoms with E-state index in [1.54, 1.807) is 39.0 Å². The number of ether oxygens (including phenoxy) is 2. The fraction of sp³-hybridized carbons (Fsp3) is 0.286. The molecule has 13 heteroatoms. The molecular weight excluding hydrogens is 554 g/mol. The molecular formula is C28H29N3O9S. The number of hydrogen-bond donors (Lipinski definition) is 3. The number of hydrogen-bond acceptors (Lipinski definition) is 10. The molecule has 2 aliphatic heterocycles. The van der Waals surface area contributed by atoms with E-state index in [1.807, 2.05) is 0 Å². The first kappa shape index (κ1) is 29.3. The SMILES string of the molecule is CC1=C(C(=O)OCCNC(=O)c2ccccc2O)C(C)C(C(=O)OCCN2C(=O)c3ccccc3S2(=O)=O)=C(C)N1. The van der Waals surface area contributed by atoms with Crippen LogP contribution in [0.3, 0.4) is 0 Å². The van der Waals surface area contributed by atoms with Crippen molar-refractivity contribution in [2.75, 3.05) is 26.3 Å². The van der Waals surface area contributed by atoms with Gasteiger partial charge in [0, 0.05) is 17.3 Å². The molecule has 2 aliphatic rings. The number of phenols is 1. The van der Waals surface area contributed by atoms with Crippen LogP contribution in [0.15, 0.2) is 76.0 Å². The molecule has 1 unspecified atom stereocenters. The van der Waals surface area contributed by atoms with Crippen molar-refractivity contribution in [3.05, 3.63) is 82.2 Å². The summed E-state index contributed by atoms with van der Waals surface area (Å²) in [6.07, 6.45) is 0. The summed E-state index contributed by atoms with van der Waals surface area (Å²) in [5.41, 5.74) is 1.40. The fourth-order valence-corrected chi connectivity index (χ4v) is 6.32. The van der Waals surface area contributed by atoms with Crippen molar-refractivity contribution < 1.29 is 42.2 Å². The molecule has 0 spiro atoms. The number of nitrogens with zero attached hydrogens (tertiary/aromatic N) is 1. The molecule has 0 aromatic heterocycles.